The molecule has 1 aromatic carbocycles. The van der Waals surface area contributed by atoms with Gasteiger partial charge in [0.05, 0.1) is 25.1 Å². The summed E-state index contributed by atoms with van der Waals surface area (Å²) >= 11 is 0. The largest absolute Gasteiger partial charge is 0.573 e. The molecule has 3 rings (SSSR count). The van der Waals surface area contributed by atoms with E-state index in [0.29, 0.717) is 23.3 Å². The Morgan fingerprint density at radius 2 is 1.76 bits per heavy atom. The zero-order valence-electron chi connectivity index (χ0n) is 23.6. The van der Waals surface area contributed by atoms with Gasteiger partial charge < -0.3 is 24.5 Å². The second-order valence-electron chi connectivity index (χ2n) is 10.3. The van der Waals surface area contributed by atoms with E-state index >= 15 is 0 Å². The average molecular weight is 602 g/mol. The summed E-state index contributed by atoms with van der Waals surface area (Å²) < 4.78 is 68.8. The number of nitrogen functional groups attached to an aromatic ring is 1. The molecule has 12 nitrogen and oxygen atoms in total. The van der Waals surface area contributed by atoms with Gasteiger partial charge in [-0.1, -0.05) is 12.1 Å². The lowest BCUT2D eigenvalue weighted by molar-refractivity contribution is -0.274. The highest BCUT2D eigenvalue weighted by Crippen LogP contribution is 2.42. The van der Waals surface area contributed by atoms with Crippen molar-refractivity contribution < 1.29 is 36.7 Å². The van der Waals surface area contributed by atoms with E-state index in [4.69, 9.17) is 15.2 Å². The molecule has 0 saturated heterocycles. The molecular weight excluding hydrogens is 566 g/mol. The van der Waals surface area contributed by atoms with Gasteiger partial charge in [0.1, 0.15) is 29.5 Å². The molecule has 3 aromatic rings. The van der Waals surface area contributed by atoms with Crippen LogP contribution in [0.5, 0.6) is 5.75 Å². The molecule has 0 amide bonds. The van der Waals surface area contributed by atoms with Crippen LogP contribution in [0.25, 0.3) is 11.2 Å². The summed E-state index contributed by atoms with van der Waals surface area (Å²) in [5, 5.41) is 5.87. The fourth-order valence-corrected chi connectivity index (χ4v) is 6.34. The summed E-state index contributed by atoms with van der Waals surface area (Å²) in [4.78, 5) is 25.1. The molecule has 41 heavy (non-hydrogen) atoms. The van der Waals surface area contributed by atoms with Crippen LogP contribution in [-0.4, -0.2) is 55.9 Å². The molecule has 0 saturated carbocycles. The molecule has 226 valence electrons. The number of nitrogens with one attached hydrogen (secondary N) is 2. The fraction of sp³-hybridized carbons (Fsp3) is 0.520. The quantitative estimate of drug-likeness (QED) is 0.187. The summed E-state index contributed by atoms with van der Waals surface area (Å²) in [6.07, 6.45) is -3.17. The lowest BCUT2D eigenvalue weighted by atomic mass is 10.1. The van der Waals surface area contributed by atoms with Gasteiger partial charge in [-0.05, 0) is 59.2 Å². The third kappa shape index (κ3) is 9.12. The molecule has 0 bridgehead atoms. The third-order valence-corrected chi connectivity index (χ3v) is 7.99. The van der Waals surface area contributed by atoms with Crippen LogP contribution < -0.4 is 20.6 Å². The standard InChI is InChI=1S/C25H35F3N7O5P/c1-15(2)39-23(36)24(5,6)34-41(37,33-17(4)18-7-9-19(10-8-18)40-25(26,27)28)14-38-16(3)11-35-13-32-20-21(29)30-12-31-22(20)35/h7-10,12-13,15-17H,11,14H2,1-6H3,(H2,29,30,31)(H2,33,34,37)/t16-,17+,41?/m0/s1. The number of aromatic nitrogens is 4. The maximum Gasteiger partial charge on any atom is 0.573 e. The summed E-state index contributed by atoms with van der Waals surface area (Å²) in [7, 11) is -3.71. The minimum Gasteiger partial charge on any atom is -0.462 e. The van der Waals surface area contributed by atoms with Gasteiger partial charge in [0.2, 0.25) is 7.44 Å². The Labute approximate surface area is 235 Å². The van der Waals surface area contributed by atoms with Crippen molar-refractivity contribution in [3.63, 3.8) is 0 Å². The number of fused-ring (bicyclic) bond motifs is 1. The van der Waals surface area contributed by atoms with Gasteiger partial charge in [0, 0.05) is 6.04 Å². The number of carbonyl (C=O) groups is 1. The Morgan fingerprint density at radius 1 is 1.10 bits per heavy atom. The number of rotatable bonds is 13. The normalized spacial score (nSPS) is 15.5. The molecular formula is C25H35F3N7O5P. The summed E-state index contributed by atoms with van der Waals surface area (Å²) in [6.45, 7) is 10.2. The van der Waals surface area contributed by atoms with Crippen molar-refractivity contribution in [2.45, 2.75) is 78.2 Å². The van der Waals surface area contributed by atoms with Crippen molar-refractivity contribution in [3.05, 3.63) is 42.5 Å². The van der Waals surface area contributed by atoms with Gasteiger partial charge in [-0.15, -0.1) is 13.2 Å². The van der Waals surface area contributed by atoms with Crippen LogP contribution in [0, 0.1) is 0 Å². The SMILES string of the molecule is CC(C)OC(=O)C(C)(C)NP(=O)(CO[C@@H](C)Cn1cnc2c(N)ncnc21)N[C@H](C)c1ccc(OC(F)(F)F)cc1. The molecule has 0 aliphatic rings. The lowest BCUT2D eigenvalue weighted by Crippen LogP contribution is -2.49. The fourth-order valence-electron chi connectivity index (χ4n) is 3.90. The van der Waals surface area contributed by atoms with E-state index in [0.717, 1.165) is 12.1 Å². The number of benzene rings is 1. The molecule has 16 heteroatoms. The number of ether oxygens (including phenoxy) is 3. The van der Waals surface area contributed by atoms with Crippen LogP contribution in [0.15, 0.2) is 36.9 Å². The number of anilines is 1. The van der Waals surface area contributed by atoms with Crippen molar-refractivity contribution in [2.75, 3.05) is 12.1 Å². The first kappa shape index (κ1) is 32.3. The zero-order valence-corrected chi connectivity index (χ0v) is 24.5. The monoisotopic (exact) mass is 601 g/mol. The molecule has 1 unspecified atom stereocenters. The zero-order chi connectivity index (χ0) is 30.6. The number of carbonyl (C=O) groups excluding carboxylic acids is 1. The van der Waals surface area contributed by atoms with Crippen LogP contribution in [0.3, 0.4) is 0 Å². The van der Waals surface area contributed by atoms with Gasteiger partial charge in [-0.2, -0.15) is 0 Å². The van der Waals surface area contributed by atoms with E-state index in [2.05, 4.69) is 29.9 Å². The number of imidazole rings is 1. The van der Waals surface area contributed by atoms with Crippen LogP contribution in [0.2, 0.25) is 0 Å². The van der Waals surface area contributed by atoms with Crippen molar-refractivity contribution in [1.82, 2.24) is 29.7 Å². The Balaban J connectivity index is 1.77. The van der Waals surface area contributed by atoms with Crippen LogP contribution in [0.4, 0.5) is 19.0 Å². The predicted molar refractivity (Wildman–Crippen MR) is 146 cm³/mol. The van der Waals surface area contributed by atoms with Crippen LogP contribution in [-0.2, 0) is 25.4 Å². The molecule has 0 aliphatic heterocycles. The van der Waals surface area contributed by atoms with Crippen LogP contribution in [0.1, 0.15) is 53.1 Å². The summed E-state index contributed by atoms with van der Waals surface area (Å²) in [5.41, 5.74) is 5.96. The predicted octanol–water partition coefficient (Wildman–Crippen LogP) is 4.53. The molecule has 2 heterocycles. The second kappa shape index (κ2) is 12.7. The minimum atomic E-state index is -4.82. The van der Waals surface area contributed by atoms with Crippen molar-refractivity contribution >= 4 is 30.4 Å². The van der Waals surface area contributed by atoms with E-state index in [1.54, 1.807) is 38.6 Å². The molecule has 4 N–H and O–H groups in total. The number of esters is 1. The van der Waals surface area contributed by atoms with Gasteiger partial charge in [-0.25, -0.2) is 25.1 Å². The number of hydrogen-bond donors (Lipinski definition) is 3. The molecule has 0 radical (unpaired) electrons. The lowest BCUT2D eigenvalue weighted by Gasteiger charge is -2.33. The van der Waals surface area contributed by atoms with Gasteiger partial charge in [-0.3, -0.25) is 9.36 Å². The number of halogens is 3. The first-order chi connectivity index (χ1) is 19.0. The maximum atomic E-state index is 14.2. The van der Waals surface area contributed by atoms with E-state index in [-0.39, 0.29) is 17.9 Å². The van der Waals surface area contributed by atoms with Crippen molar-refractivity contribution in [1.29, 1.82) is 0 Å². The van der Waals surface area contributed by atoms with Crippen molar-refractivity contribution in [2.24, 2.45) is 0 Å². The van der Waals surface area contributed by atoms with Gasteiger partial charge >= 0.3 is 12.3 Å². The Bertz CT molecular complexity index is 1380. The number of hydrogen-bond acceptors (Lipinski definition) is 9. The smallest absolute Gasteiger partial charge is 0.462 e. The minimum absolute atomic E-state index is 0.239. The van der Waals surface area contributed by atoms with E-state index < -0.39 is 43.6 Å². The number of alkyl halides is 3. The highest BCUT2D eigenvalue weighted by Gasteiger charge is 2.39. The molecule has 3 atom stereocenters. The summed E-state index contributed by atoms with van der Waals surface area (Å²) in [6, 6.07) is 4.54. The third-order valence-electron chi connectivity index (χ3n) is 5.75. The van der Waals surface area contributed by atoms with Gasteiger partial charge in [0.15, 0.2) is 11.5 Å². The van der Waals surface area contributed by atoms with E-state index in [9.17, 15) is 22.5 Å². The first-order valence-corrected chi connectivity index (χ1v) is 14.6. The number of nitrogens with two attached hydrogens (primary N) is 1. The average Bonchev–Trinajstić information content (AvgIpc) is 3.25. The van der Waals surface area contributed by atoms with Gasteiger partial charge in [0.25, 0.3) is 0 Å². The Hall–Kier alpha value is -3.26. The second-order valence-corrected chi connectivity index (χ2v) is 12.6. The first-order valence-electron chi connectivity index (χ1n) is 12.7. The van der Waals surface area contributed by atoms with E-state index in [1.807, 2.05) is 0 Å². The molecule has 0 fully saturated rings. The van der Waals surface area contributed by atoms with Crippen LogP contribution >= 0.6 is 7.44 Å². The maximum absolute atomic E-state index is 14.2. The Kier molecular flexibility index (Phi) is 10.0. The van der Waals surface area contributed by atoms with E-state index in [1.165, 1.54) is 32.3 Å². The highest BCUT2D eigenvalue weighted by atomic mass is 31.2. The number of nitrogens with zero attached hydrogens (tertiary/aromatic N) is 4. The highest BCUT2D eigenvalue weighted by molar-refractivity contribution is 7.59. The molecule has 0 aliphatic carbocycles. The molecule has 0 spiro atoms. The van der Waals surface area contributed by atoms with Crippen molar-refractivity contribution in [3.8, 4) is 5.75 Å². The Morgan fingerprint density at radius 3 is 2.37 bits per heavy atom. The molecule has 2 aromatic heterocycles. The summed E-state index contributed by atoms with van der Waals surface area (Å²) in [5.74, 6) is -0.766. The topological polar surface area (TPSA) is 156 Å².